The number of halogens is 1. The minimum Gasteiger partial charge on any atom is -0.255 e. The van der Waals surface area contributed by atoms with E-state index >= 15 is 0 Å². The minimum absolute atomic E-state index is 0.200. The summed E-state index contributed by atoms with van der Waals surface area (Å²) in [5.74, 6) is -0.188. The van der Waals surface area contributed by atoms with Gasteiger partial charge >= 0.3 is 0 Å². The monoisotopic (exact) mass is 280 g/mol. The Morgan fingerprint density at radius 3 is 2.84 bits per heavy atom. The minimum atomic E-state index is -2.88. The first-order valence-corrected chi connectivity index (χ1v) is 7.55. The molecular formula is C14H17FN2OS. The summed E-state index contributed by atoms with van der Waals surface area (Å²) in [5.41, 5.74) is 0.811. The van der Waals surface area contributed by atoms with E-state index in [-0.39, 0.29) is 11.6 Å². The lowest BCUT2D eigenvalue weighted by atomic mass is 10.2. The molecule has 0 aromatic carbocycles. The Hall–Kier alpha value is -1.75. The predicted molar refractivity (Wildman–Crippen MR) is 76.9 cm³/mol. The molecule has 0 saturated carbocycles. The molecule has 102 valence electrons. The second-order valence-corrected chi connectivity index (χ2v) is 6.21. The van der Waals surface area contributed by atoms with Gasteiger partial charge in [-0.3, -0.25) is 4.98 Å². The third-order valence-electron chi connectivity index (χ3n) is 2.56. The van der Waals surface area contributed by atoms with Crippen molar-refractivity contribution in [3.05, 3.63) is 54.7 Å². The average Bonchev–Trinajstić information content (AvgIpc) is 2.44. The second kappa shape index (κ2) is 6.43. The molecule has 0 aliphatic rings. The van der Waals surface area contributed by atoms with Crippen LogP contribution < -0.4 is 0 Å². The number of hydrogen-bond acceptors (Lipinski definition) is 3. The summed E-state index contributed by atoms with van der Waals surface area (Å²) in [7, 11) is -2.88. The molecule has 0 saturated heterocycles. The number of nitrogens with one attached hydrogen (secondary N) is 1. The maximum atomic E-state index is 13.0. The van der Waals surface area contributed by atoms with Crippen LogP contribution in [-0.2, 0) is 9.73 Å². The fourth-order valence-electron chi connectivity index (χ4n) is 1.41. The van der Waals surface area contributed by atoms with Crippen LogP contribution in [0.2, 0.25) is 0 Å². The zero-order valence-electron chi connectivity index (χ0n) is 11.0. The molecule has 0 radical (unpaired) electrons. The quantitative estimate of drug-likeness (QED) is 0.830. The van der Waals surface area contributed by atoms with Crippen molar-refractivity contribution in [2.75, 3.05) is 5.75 Å². The van der Waals surface area contributed by atoms with Gasteiger partial charge in [0.15, 0.2) is 0 Å². The first-order chi connectivity index (χ1) is 8.92. The summed E-state index contributed by atoms with van der Waals surface area (Å²) >= 11 is 0. The Labute approximate surface area is 113 Å². The van der Waals surface area contributed by atoms with Crippen molar-refractivity contribution in [3.63, 3.8) is 0 Å². The van der Waals surface area contributed by atoms with Crippen LogP contribution in [0.4, 0.5) is 4.39 Å². The Balaban J connectivity index is 3.23. The third-order valence-corrected chi connectivity index (χ3v) is 4.41. The highest BCUT2D eigenvalue weighted by molar-refractivity contribution is 7.92. The van der Waals surface area contributed by atoms with Crippen LogP contribution in [0.25, 0.3) is 5.57 Å². The molecule has 1 N–H and O–H groups in total. The number of aromatic nitrogens is 1. The molecule has 0 aliphatic carbocycles. The van der Waals surface area contributed by atoms with Crippen molar-refractivity contribution in [1.82, 2.24) is 4.98 Å². The van der Waals surface area contributed by atoms with Gasteiger partial charge in [-0.05, 0) is 30.7 Å². The Morgan fingerprint density at radius 2 is 2.26 bits per heavy atom. The van der Waals surface area contributed by atoms with Gasteiger partial charge in [0.25, 0.3) is 0 Å². The largest absolute Gasteiger partial charge is 0.255 e. The van der Waals surface area contributed by atoms with E-state index in [0.29, 0.717) is 16.2 Å². The average molecular weight is 280 g/mol. The lowest BCUT2D eigenvalue weighted by molar-refractivity contribution is 0.665. The smallest absolute Gasteiger partial charge is 0.118 e. The lowest BCUT2D eigenvalue weighted by Gasteiger charge is -2.10. The Morgan fingerprint density at radius 1 is 1.58 bits per heavy atom. The van der Waals surface area contributed by atoms with Crippen LogP contribution in [0.15, 0.2) is 53.9 Å². The fourth-order valence-corrected chi connectivity index (χ4v) is 2.51. The molecule has 0 aliphatic heterocycles. The van der Waals surface area contributed by atoms with Crippen LogP contribution in [0, 0.1) is 4.78 Å². The maximum absolute atomic E-state index is 13.0. The number of rotatable bonds is 5. The van der Waals surface area contributed by atoms with E-state index in [9.17, 15) is 8.60 Å². The normalized spacial score (nSPS) is 15.4. The molecular weight excluding hydrogens is 263 g/mol. The first-order valence-electron chi connectivity index (χ1n) is 5.83. The van der Waals surface area contributed by atoms with Crippen LogP contribution in [-0.4, -0.2) is 14.9 Å². The van der Waals surface area contributed by atoms with Gasteiger partial charge in [-0.25, -0.2) is 13.4 Å². The molecule has 19 heavy (non-hydrogen) atoms. The van der Waals surface area contributed by atoms with Gasteiger partial charge in [-0.15, -0.1) is 0 Å². The Bertz CT molecular complexity index is 631. The van der Waals surface area contributed by atoms with Crippen LogP contribution >= 0.6 is 0 Å². The zero-order chi connectivity index (χ0) is 14.5. The zero-order valence-corrected chi connectivity index (χ0v) is 11.8. The highest BCUT2D eigenvalue weighted by Gasteiger charge is 2.14. The van der Waals surface area contributed by atoms with Gasteiger partial charge in [0.1, 0.15) is 5.83 Å². The summed E-state index contributed by atoms with van der Waals surface area (Å²) in [5, 5.41) is 0. The predicted octanol–water partition coefficient (Wildman–Crippen LogP) is 3.95. The van der Waals surface area contributed by atoms with E-state index in [0.717, 1.165) is 0 Å². The van der Waals surface area contributed by atoms with Crippen molar-refractivity contribution < 1.29 is 8.60 Å². The van der Waals surface area contributed by atoms with Crippen LogP contribution in [0.3, 0.4) is 0 Å². The molecule has 3 nitrogen and oxygen atoms in total. The van der Waals surface area contributed by atoms with Crippen molar-refractivity contribution in [1.29, 1.82) is 4.78 Å². The first kappa shape index (κ1) is 15.3. The van der Waals surface area contributed by atoms with Gasteiger partial charge in [-0.1, -0.05) is 25.7 Å². The summed E-state index contributed by atoms with van der Waals surface area (Å²) in [6.45, 7) is 7.06. The molecule has 0 spiro atoms. The molecule has 1 atom stereocenters. The molecule has 1 heterocycles. The SMILES string of the molecule is C=C(/C=C\C(F)=C/C)c1ncccc1S(=N)(=O)CC. The van der Waals surface area contributed by atoms with Gasteiger partial charge in [0.2, 0.25) is 0 Å². The van der Waals surface area contributed by atoms with Crippen molar-refractivity contribution in [3.8, 4) is 0 Å². The highest BCUT2D eigenvalue weighted by Crippen LogP contribution is 2.22. The van der Waals surface area contributed by atoms with Crippen molar-refractivity contribution in [2.45, 2.75) is 18.7 Å². The van der Waals surface area contributed by atoms with E-state index in [1.54, 1.807) is 26.0 Å². The molecule has 0 amide bonds. The van der Waals surface area contributed by atoms with Gasteiger partial charge in [-0.2, -0.15) is 0 Å². The number of pyridine rings is 1. The van der Waals surface area contributed by atoms with Crippen molar-refractivity contribution >= 4 is 15.3 Å². The Kier molecular flexibility index (Phi) is 5.18. The standard InChI is InChI=1S/C14H17FN2OS/c1-4-12(15)9-8-11(3)14-13(7-6-10-17-14)19(16,18)5-2/h4,6-10,16H,3,5H2,1-2H3/b9-8-,12-4+. The van der Waals surface area contributed by atoms with Crippen LogP contribution in [0.1, 0.15) is 19.5 Å². The molecule has 1 rings (SSSR count). The molecule has 5 heteroatoms. The summed E-state index contributed by atoms with van der Waals surface area (Å²) in [4.78, 5) is 4.45. The molecule has 0 fully saturated rings. The van der Waals surface area contributed by atoms with E-state index < -0.39 is 9.73 Å². The van der Waals surface area contributed by atoms with E-state index in [1.165, 1.54) is 24.4 Å². The second-order valence-electron chi connectivity index (χ2n) is 3.85. The molecule has 1 aromatic heterocycles. The summed E-state index contributed by atoms with van der Waals surface area (Å²) < 4.78 is 33.0. The third kappa shape index (κ3) is 3.86. The van der Waals surface area contributed by atoms with Gasteiger partial charge in [0, 0.05) is 11.9 Å². The van der Waals surface area contributed by atoms with E-state index in [2.05, 4.69) is 11.6 Å². The number of nitrogens with zero attached hydrogens (tertiary/aromatic N) is 1. The fraction of sp³-hybridized carbons (Fsp3) is 0.214. The topological polar surface area (TPSA) is 53.8 Å². The van der Waals surface area contributed by atoms with Gasteiger partial charge in [0.05, 0.1) is 20.3 Å². The van der Waals surface area contributed by atoms with E-state index in [4.69, 9.17) is 4.78 Å². The molecule has 1 unspecified atom stereocenters. The van der Waals surface area contributed by atoms with Gasteiger partial charge < -0.3 is 0 Å². The van der Waals surface area contributed by atoms with Crippen LogP contribution in [0.5, 0.6) is 0 Å². The summed E-state index contributed by atoms with van der Waals surface area (Å²) in [6.07, 6.45) is 5.59. The molecule has 1 aromatic rings. The number of hydrogen-bond donors (Lipinski definition) is 1. The van der Waals surface area contributed by atoms with Crippen molar-refractivity contribution in [2.24, 2.45) is 0 Å². The molecule has 0 bridgehead atoms. The highest BCUT2D eigenvalue weighted by atomic mass is 32.2. The summed E-state index contributed by atoms with van der Waals surface area (Å²) in [6, 6.07) is 3.23. The van der Waals surface area contributed by atoms with E-state index in [1.807, 2.05) is 0 Å². The lowest BCUT2D eigenvalue weighted by Crippen LogP contribution is -2.06. The number of allylic oxidation sites excluding steroid dienone is 5. The maximum Gasteiger partial charge on any atom is 0.118 e.